The van der Waals surface area contributed by atoms with Crippen molar-refractivity contribution in [2.24, 2.45) is 0 Å². The van der Waals surface area contributed by atoms with Gasteiger partial charge in [-0.2, -0.15) is 0 Å². The SMILES string of the molecule is Cc1cc(S(=O)(=O)NC(C)(C)C(C)(C)O)c(C)s1. The maximum absolute atomic E-state index is 12.3. The van der Waals surface area contributed by atoms with Gasteiger partial charge in [0, 0.05) is 9.75 Å². The van der Waals surface area contributed by atoms with Crippen molar-refractivity contribution >= 4 is 21.4 Å². The molecule has 0 aromatic carbocycles. The van der Waals surface area contributed by atoms with Gasteiger partial charge in [0.05, 0.1) is 16.0 Å². The van der Waals surface area contributed by atoms with Crippen LogP contribution in [0.25, 0.3) is 0 Å². The van der Waals surface area contributed by atoms with Crippen molar-refractivity contribution in [1.82, 2.24) is 4.72 Å². The third-order valence-corrected chi connectivity index (χ3v) is 6.08. The molecular formula is C12H21NO3S2. The van der Waals surface area contributed by atoms with Crippen LogP contribution in [0.5, 0.6) is 0 Å². The fraction of sp³-hybridized carbons (Fsp3) is 0.667. The van der Waals surface area contributed by atoms with Crippen LogP contribution in [0, 0.1) is 13.8 Å². The lowest BCUT2D eigenvalue weighted by Gasteiger charge is -2.37. The van der Waals surface area contributed by atoms with Gasteiger partial charge in [-0.25, -0.2) is 13.1 Å². The van der Waals surface area contributed by atoms with Crippen LogP contribution in [0.4, 0.5) is 0 Å². The smallest absolute Gasteiger partial charge is 0.242 e. The predicted molar refractivity (Wildman–Crippen MR) is 74.5 cm³/mol. The Hall–Kier alpha value is -0.430. The Morgan fingerprint density at radius 3 is 2.06 bits per heavy atom. The van der Waals surface area contributed by atoms with E-state index in [1.807, 2.05) is 6.92 Å². The van der Waals surface area contributed by atoms with E-state index in [1.165, 1.54) is 11.3 Å². The zero-order chi connectivity index (χ0) is 14.4. The molecule has 0 aliphatic carbocycles. The van der Waals surface area contributed by atoms with Crippen molar-refractivity contribution < 1.29 is 13.5 Å². The fourth-order valence-electron chi connectivity index (χ4n) is 1.39. The summed E-state index contributed by atoms with van der Waals surface area (Å²) in [6.07, 6.45) is 0. The van der Waals surface area contributed by atoms with Gasteiger partial charge in [0.2, 0.25) is 10.0 Å². The van der Waals surface area contributed by atoms with Gasteiger partial charge in [-0.1, -0.05) is 0 Å². The highest BCUT2D eigenvalue weighted by Gasteiger charge is 2.39. The summed E-state index contributed by atoms with van der Waals surface area (Å²) in [5.74, 6) is 0. The second kappa shape index (κ2) is 4.59. The molecule has 1 heterocycles. The normalized spacial score (nSPS) is 13.9. The van der Waals surface area contributed by atoms with E-state index in [4.69, 9.17) is 0 Å². The number of nitrogens with one attached hydrogen (secondary N) is 1. The molecule has 0 radical (unpaired) electrons. The number of sulfonamides is 1. The molecule has 6 heteroatoms. The minimum absolute atomic E-state index is 0.294. The van der Waals surface area contributed by atoms with Crippen LogP contribution in [0.2, 0.25) is 0 Å². The number of rotatable bonds is 4. The van der Waals surface area contributed by atoms with Crippen LogP contribution in [0.1, 0.15) is 37.4 Å². The zero-order valence-electron chi connectivity index (χ0n) is 11.7. The molecule has 2 N–H and O–H groups in total. The standard InChI is InChI=1S/C12H21NO3S2/c1-8-7-10(9(2)17-8)18(15,16)13-11(3,4)12(5,6)14/h7,13-14H,1-6H3. The molecule has 0 saturated carbocycles. The van der Waals surface area contributed by atoms with Crippen LogP contribution < -0.4 is 4.72 Å². The van der Waals surface area contributed by atoms with Crippen LogP contribution in [0.15, 0.2) is 11.0 Å². The summed E-state index contributed by atoms with van der Waals surface area (Å²) in [6, 6.07) is 1.66. The molecule has 0 aliphatic heterocycles. The van der Waals surface area contributed by atoms with Crippen molar-refractivity contribution in [3.8, 4) is 0 Å². The Balaban J connectivity index is 3.15. The summed E-state index contributed by atoms with van der Waals surface area (Å²) in [7, 11) is -3.61. The number of thiophene rings is 1. The minimum Gasteiger partial charge on any atom is -0.389 e. The molecule has 0 unspecified atom stereocenters. The van der Waals surface area contributed by atoms with E-state index in [1.54, 1.807) is 40.7 Å². The average molecular weight is 291 g/mol. The van der Waals surface area contributed by atoms with Gasteiger partial charge in [0.1, 0.15) is 0 Å². The highest BCUT2D eigenvalue weighted by atomic mass is 32.2. The van der Waals surface area contributed by atoms with E-state index in [2.05, 4.69) is 4.72 Å². The van der Waals surface area contributed by atoms with E-state index in [9.17, 15) is 13.5 Å². The Morgan fingerprint density at radius 2 is 1.72 bits per heavy atom. The number of aliphatic hydroxyl groups is 1. The fourth-order valence-corrected chi connectivity index (χ4v) is 4.48. The van der Waals surface area contributed by atoms with E-state index in [0.29, 0.717) is 4.90 Å². The summed E-state index contributed by atoms with van der Waals surface area (Å²) in [5, 5.41) is 10.0. The molecule has 0 atom stereocenters. The molecule has 0 amide bonds. The van der Waals surface area contributed by atoms with E-state index < -0.39 is 21.2 Å². The van der Waals surface area contributed by atoms with Gasteiger partial charge < -0.3 is 5.11 Å². The molecule has 4 nitrogen and oxygen atoms in total. The highest BCUT2D eigenvalue weighted by Crippen LogP contribution is 2.28. The lowest BCUT2D eigenvalue weighted by atomic mass is 9.87. The Kier molecular flexibility index (Phi) is 3.99. The largest absolute Gasteiger partial charge is 0.389 e. The first kappa shape index (κ1) is 15.6. The molecule has 0 fully saturated rings. The molecule has 18 heavy (non-hydrogen) atoms. The molecule has 0 spiro atoms. The third-order valence-electron chi connectivity index (χ3n) is 3.20. The van der Waals surface area contributed by atoms with Gasteiger partial charge in [0.15, 0.2) is 0 Å². The Bertz CT molecular complexity index is 536. The predicted octanol–water partition coefficient (Wildman–Crippen LogP) is 2.19. The first-order chi connectivity index (χ1) is 7.87. The second-order valence-electron chi connectivity index (χ2n) is 5.57. The quantitative estimate of drug-likeness (QED) is 0.893. The Labute approximate surface area is 113 Å². The van der Waals surface area contributed by atoms with Crippen molar-refractivity contribution in [2.75, 3.05) is 0 Å². The Morgan fingerprint density at radius 1 is 1.22 bits per heavy atom. The molecule has 0 aliphatic rings. The topological polar surface area (TPSA) is 66.4 Å². The summed E-state index contributed by atoms with van der Waals surface area (Å²) in [5.41, 5.74) is -2.10. The highest BCUT2D eigenvalue weighted by molar-refractivity contribution is 7.89. The van der Waals surface area contributed by atoms with Crippen molar-refractivity contribution in [3.05, 3.63) is 15.8 Å². The lowest BCUT2D eigenvalue weighted by molar-refractivity contribution is 0.00638. The second-order valence-corrected chi connectivity index (χ2v) is 8.68. The van der Waals surface area contributed by atoms with Crippen molar-refractivity contribution in [3.63, 3.8) is 0 Å². The number of aryl methyl sites for hydroxylation is 2. The van der Waals surface area contributed by atoms with Crippen LogP contribution in [0.3, 0.4) is 0 Å². The minimum atomic E-state index is -3.61. The number of hydrogen-bond donors (Lipinski definition) is 2. The summed E-state index contributed by atoms with van der Waals surface area (Å²) >= 11 is 1.45. The maximum atomic E-state index is 12.3. The van der Waals surface area contributed by atoms with Crippen molar-refractivity contribution in [1.29, 1.82) is 0 Å². The average Bonchev–Trinajstić information content (AvgIpc) is 2.41. The van der Waals surface area contributed by atoms with Crippen LogP contribution in [-0.2, 0) is 10.0 Å². The van der Waals surface area contributed by atoms with Crippen molar-refractivity contribution in [2.45, 2.75) is 57.6 Å². The van der Waals surface area contributed by atoms with Crippen LogP contribution in [-0.4, -0.2) is 24.7 Å². The van der Waals surface area contributed by atoms with Gasteiger partial charge in [-0.05, 0) is 47.6 Å². The monoisotopic (exact) mass is 291 g/mol. The van der Waals surface area contributed by atoms with E-state index in [0.717, 1.165) is 9.75 Å². The summed E-state index contributed by atoms with van der Waals surface area (Å²) < 4.78 is 27.2. The summed E-state index contributed by atoms with van der Waals surface area (Å²) in [4.78, 5) is 2.00. The molecule has 0 bridgehead atoms. The summed E-state index contributed by atoms with van der Waals surface area (Å²) in [6.45, 7) is 10.2. The molecule has 1 aromatic heterocycles. The molecule has 1 rings (SSSR count). The number of hydrogen-bond acceptors (Lipinski definition) is 4. The lowest BCUT2D eigenvalue weighted by Crippen LogP contribution is -2.57. The molecule has 104 valence electrons. The molecule has 1 aromatic rings. The molecule has 0 saturated heterocycles. The molecular weight excluding hydrogens is 270 g/mol. The van der Waals surface area contributed by atoms with Gasteiger partial charge in [-0.3, -0.25) is 0 Å². The first-order valence-corrected chi connectivity index (χ1v) is 8.00. The van der Waals surface area contributed by atoms with Gasteiger partial charge >= 0.3 is 0 Å². The van der Waals surface area contributed by atoms with Gasteiger partial charge in [0.25, 0.3) is 0 Å². The van der Waals surface area contributed by atoms with E-state index in [-0.39, 0.29) is 0 Å². The van der Waals surface area contributed by atoms with E-state index >= 15 is 0 Å². The maximum Gasteiger partial charge on any atom is 0.242 e. The zero-order valence-corrected chi connectivity index (χ0v) is 13.3. The first-order valence-electron chi connectivity index (χ1n) is 5.70. The van der Waals surface area contributed by atoms with Gasteiger partial charge in [-0.15, -0.1) is 11.3 Å². The third kappa shape index (κ3) is 3.12. The van der Waals surface area contributed by atoms with Crippen LogP contribution >= 0.6 is 11.3 Å².